The van der Waals surface area contributed by atoms with E-state index in [0.29, 0.717) is 12.1 Å². The van der Waals surface area contributed by atoms with Crippen LogP contribution in [0.15, 0.2) is 17.1 Å². The Bertz CT molecular complexity index is 700. The van der Waals surface area contributed by atoms with E-state index in [9.17, 15) is 9.59 Å². The number of rotatable bonds is 3. The maximum absolute atomic E-state index is 12.2. The number of nitrogens with zero attached hydrogens (tertiary/aromatic N) is 2. The van der Waals surface area contributed by atoms with Gasteiger partial charge < -0.3 is 9.67 Å². The zero-order valence-corrected chi connectivity index (χ0v) is 11.7. The Morgan fingerprint density at radius 1 is 1.42 bits per heavy atom. The molecule has 2 aromatic heterocycles. The van der Waals surface area contributed by atoms with Crippen molar-refractivity contribution in [2.24, 2.45) is 0 Å². The number of carbonyl (C=O) groups is 1. The predicted octanol–water partition coefficient (Wildman–Crippen LogP) is 1.98. The van der Waals surface area contributed by atoms with Crippen LogP contribution in [0.2, 0.25) is 0 Å². The minimum absolute atomic E-state index is 0.160. The van der Waals surface area contributed by atoms with Crippen molar-refractivity contribution in [2.75, 3.05) is 0 Å². The van der Waals surface area contributed by atoms with Crippen LogP contribution in [-0.4, -0.2) is 20.6 Å². The Balaban J connectivity index is 2.54. The third-order valence-corrected chi connectivity index (χ3v) is 3.80. The van der Waals surface area contributed by atoms with Gasteiger partial charge in [0.1, 0.15) is 5.56 Å². The van der Waals surface area contributed by atoms with Crippen LogP contribution < -0.4 is 5.56 Å². The molecule has 2 rings (SSSR count). The van der Waals surface area contributed by atoms with Gasteiger partial charge in [0.2, 0.25) is 0 Å². The summed E-state index contributed by atoms with van der Waals surface area (Å²) < 4.78 is 1.48. The number of carboxylic acid groups (broad SMARTS) is 1. The van der Waals surface area contributed by atoms with Crippen molar-refractivity contribution in [1.82, 2.24) is 9.55 Å². The lowest BCUT2D eigenvalue weighted by Gasteiger charge is -2.11. The molecular weight excluding hydrogens is 264 g/mol. The Kier molecular flexibility index (Phi) is 3.53. The normalized spacial score (nSPS) is 10.7. The average molecular weight is 278 g/mol. The molecule has 0 spiro atoms. The summed E-state index contributed by atoms with van der Waals surface area (Å²) in [5, 5.41) is 10.0. The van der Waals surface area contributed by atoms with Crippen molar-refractivity contribution in [2.45, 2.75) is 27.3 Å². The van der Waals surface area contributed by atoms with Crippen LogP contribution in [0.25, 0.3) is 0 Å². The molecule has 0 aliphatic carbocycles. The maximum Gasteiger partial charge on any atom is 0.341 e. The molecule has 19 heavy (non-hydrogen) atoms. The van der Waals surface area contributed by atoms with Crippen molar-refractivity contribution >= 4 is 17.3 Å². The molecule has 0 aliphatic heterocycles. The molecule has 0 amide bonds. The van der Waals surface area contributed by atoms with E-state index in [2.05, 4.69) is 4.98 Å². The van der Waals surface area contributed by atoms with Crippen molar-refractivity contribution in [1.29, 1.82) is 0 Å². The Labute approximate surface area is 114 Å². The second-order valence-electron chi connectivity index (χ2n) is 4.39. The number of pyridine rings is 1. The quantitative estimate of drug-likeness (QED) is 0.931. The topological polar surface area (TPSA) is 72.2 Å². The van der Waals surface area contributed by atoms with Gasteiger partial charge in [-0.05, 0) is 32.4 Å². The highest BCUT2D eigenvalue weighted by atomic mass is 32.1. The Morgan fingerprint density at radius 3 is 2.63 bits per heavy atom. The van der Waals surface area contributed by atoms with Gasteiger partial charge in [-0.25, -0.2) is 9.78 Å². The SMILES string of the molecule is Cc1ncc(Cn2c(C)cc(C)c(C(=O)O)c2=O)s1. The summed E-state index contributed by atoms with van der Waals surface area (Å²) in [6, 6.07) is 1.72. The number of aromatic carboxylic acids is 1. The summed E-state index contributed by atoms with van der Waals surface area (Å²) in [7, 11) is 0. The third kappa shape index (κ3) is 2.58. The summed E-state index contributed by atoms with van der Waals surface area (Å²) >= 11 is 1.50. The molecule has 0 radical (unpaired) electrons. The predicted molar refractivity (Wildman–Crippen MR) is 73.1 cm³/mol. The number of thiazole rings is 1. The van der Waals surface area contributed by atoms with E-state index in [0.717, 1.165) is 15.6 Å². The van der Waals surface area contributed by atoms with Crippen LogP contribution >= 0.6 is 11.3 Å². The number of aryl methyl sites for hydroxylation is 3. The van der Waals surface area contributed by atoms with Gasteiger partial charge in [0, 0.05) is 16.8 Å². The van der Waals surface area contributed by atoms with Gasteiger partial charge in [-0.15, -0.1) is 11.3 Å². The van der Waals surface area contributed by atoms with Crippen LogP contribution in [0.1, 0.15) is 31.5 Å². The fraction of sp³-hybridized carbons (Fsp3) is 0.308. The molecule has 0 fully saturated rings. The number of aromatic nitrogens is 2. The minimum atomic E-state index is -1.18. The van der Waals surface area contributed by atoms with E-state index in [4.69, 9.17) is 5.11 Å². The fourth-order valence-electron chi connectivity index (χ4n) is 2.02. The first-order valence-corrected chi connectivity index (χ1v) is 6.57. The minimum Gasteiger partial charge on any atom is -0.477 e. The van der Waals surface area contributed by atoms with Gasteiger partial charge in [0.15, 0.2) is 0 Å². The first kappa shape index (κ1) is 13.5. The van der Waals surface area contributed by atoms with Crippen molar-refractivity contribution in [3.05, 3.63) is 49.3 Å². The molecule has 0 aliphatic rings. The first-order chi connectivity index (χ1) is 8.90. The molecule has 0 unspecified atom stereocenters. The van der Waals surface area contributed by atoms with E-state index >= 15 is 0 Å². The van der Waals surface area contributed by atoms with Crippen molar-refractivity contribution < 1.29 is 9.90 Å². The Morgan fingerprint density at radius 2 is 2.11 bits per heavy atom. The standard InChI is InChI=1S/C13H14N2O3S/c1-7-4-8(2)15(12(16)11(7)13(17)18)6-10-5-14-9(3)19-10/h4-5H,6H2,1-3H3,(H,17,18). The van der Waals surface area contributed by atoms with Gasteiger partial charge in [-0.3, -0.25) is 4.79 Å². The molecule has 0 bridgehead atoms. The zero-order valence-electron chi connectivity index (χ0n) is 10.9. The molecule has 5 nitrogen and oxygen atoms in total. The molecule has 2 aromatic rings. The van der Waals surface area contributed by atoms with E-state index in [1.54, 1.807) is 26.1 Å². The van der Waals surface area contributed by atoms with Crippen LogP contribution in [0.4, 0.5) is 0 Å². The zero-order chi connectivity index (χ0) is 14.2. The molecule has 1 N–H and O–H groups in total. The molecule has 100 valence electrons. The maximum atomic E-state index is 12.2. The third-order valence-electron chi connectivity index (χ3n) is 2.90. The van der Waals surface area contributed by atoms with Crippen LogP contribution in [0.3, 0.4) is 0 Å². The monoisotopic (exact) mass is 278 g/mol. The summed E-state index contributed by atoms with van der Waals surface area (Å²) in [6.07, 6.45) is 1.71. The molecular formula is C13H14N2O3S. The molecule has 0 saturated heterocycles. The lowest BCUT2D eigenvalue weighted by Crippen LogP contribution is -2.29. The summed E-state index contributed by atoms with van der Waals surface area (Å²) in [5.74, 6) is -1.18. The number of hydrogen-bond acceptors (Lipinski definition) is 4. The molecule has 2 heterocycles. The average Bonchev–Trinajstić information content (AvgIpc) is 2.69. The van der Waals surface area contributed by atoms with Gasteiger partial charge in [0.05, 0.1) is 11.6 Å². The second-order valence-corrected chi connectivity index (χ2v) is 5.71. The lowest BCUT2D eigenvalue weighted by atomic mass is 10.1. The van der Waals surface area contributed by atoms with Crippen LogP contribution in [-0.2, 0) is 6.54 Å². The van der Waals surface area contributed by atoms with Crippen molar-refractivity contribution in [3.8, 4) is 0 Å². The molecule has 0 aromatic carbocycles. The second kappa shape index (κ2) is 4.97. The smallest absolute Gasteiger partial charge is 0.341 e. The summed E-state index contributed by atoms with van der Waals surface area (Å²) in [4.78, 5) is 28.4. The molecule has 6 heteroatoms. The van der Waals surface area contributed by atoms with E-state index in [1.165, 1.54) is 15.9 Å². The highest BCUT2D eigenvalue weighted by Crippen LogP contribution is 2.14. The van der Waals surface area contributed by atoms with Crippen LogP contribution in [0.5, 0.6) is 0 Å². The largest absolute Gasteiger partial charge is 0.477 e. The van der Waals surface area contributed by atoms with Gasteiger partial charge in [0.25, 0.3) is 5.56 Å². The fourth-order valence-corrected chi connectivity index (χ4v) is 2.80. The van der Waals surface area contributed by atoms with E-state index in [1.807, 2.05) is 6.92 Å². The van der Waals surface area contributed by atoms with Gasteiger partial charge in [-0.1, -0.05) is 0 Å². The summed E-state index contributed by atoms with van der Waals surface area (Å²) in [6.45, 7) is 5.69. The molecule has 0 saturated carbocycles. The Hall–Kier alpha value is -1.95. The van der Waals surface area contributed by atoms with Crippen LogP contribution in [0, 0.1) is 20.8 Å². The van der Waals surface area contributed by atoms with Gasteiger partial charge >= 0.3 is 5.97 Å². The number of carboxylic acids is 1. The number of hydrogen-bond donors (Lipinski definition) is 1. The van der Waals surface area contributed by atoms with E-state index < -0.39 is 11.5 Å². The summed E-state index contributed by atoms with van der Waals surface area (Å²) in [5.41, 5.74) is 0.619. The van der Waals surface area contributed by atoms with E-state index in [-0.39, 0.29) is 5.56 Å². The van der Waals surface area contributed by atoms with Crippen molar-refractivity contribution in [3.63, 3.8) is 0 Å². The lowest BCUT2D eigenvalue weighted by molar-refractivity contribution is 0.0693. The highest BCUT2D eigenvalue weighted by Gasteiger charge is 2.16. The highest BCUT2D eigenvalue weighted by molar-refractivity contribution is 7.11. The first-order valence-electron chi connectivity index (χ1n) is 5.75. The molecule has 0 atom stereocenters. The van der Waals surface area contributed by atoms with Gasteiger partial charge in [-0.2, -0.15) is 0 Å².